The molecule has 3 N–H and O–H groups in total. The second kappa shape index (κ2) is 7.10. The molecule has 0 aromatic heterocycles. The number of aliphatic carboxylic acids is 1. The summed E-state index contributed by atoms with van der Waals surface area (Å²) in [7, 11) is 1.49. The maximum atomic E-state index is 12.2. The maximum Gasteiger partial charge on any atom is 0.323 e. The van der Waals surface area contributed by atoms with Gasteiger partial charge in [-0.05, 0) is 34.1 Å². The number of halogens is 1. The molecule has 1 aromatic rings. The maximum absolute atomic E-state index is 12.2. The van der Waals surface area contributed by atoms with Crippen LogP contribution in [0.25, 0.3) is 0 Å². The van der Waals surface area contributed by atoms with E-state index in [-0.39, 0.29) is 25.6 Å². The predicted molar refractivity (Wildman–Crippen MR) is 74.0 cm³/mol. The SMILES string of the molecule is COCCN(CC(=O)O)C(=O)c1ccc(N)c(Br)c1. The molecule has 1 amide bonds. The van der Waals surface area contributed by atoms with Crippen LogP contribution in [-0.2, 0) is 9.53 Å². The van der Waals surface area contributed by atoms with Gasteiger partial charge in [-0.15, -0.1) is 0 Å². The van der Waals surface area contributed by atoms with Crippen LogP contribution in [0.2, 0.25) is 0 Å². The average molecular weight is 331 g/mol. The summed E-state index contributed by atoms with van der Waals surface area (Å²) in [5, 5.41) is 8.81. The van der Waals surface area contributed by atoms with E-state index < -0.39 is 5.97 Å². The number of nitrogen functional groups attached to an aromatic ring is 1. The van der Waals surface area contributed by atoms with Crippen LogP contribution < -0.4 is 5.73 Å². The number of nitrogens with zero attached hydrogens (tertiary/aromatic N) is 1. The topological polar surface area (TPSA) is 92.9 Å². The molecule has 6 nitrogen and oxygen atoms in total. The summed E-state index contributed by atoms with van der Waals surface area (Å²) in [6.45, 7) is 0.114. The molecule has 0 unspecified atom stereocenters. The van der Waals surface area contributed by atoms with Crippen LogP contribution in [-0.4, -0.2) is 48.7 Å². The zero-order chi connectivity index (χ0) is 14.4. The van der Waals surface area contributed by atoms with E-state index in [0.29, 0.717) is 15.7 Å². The first-order chi connectivity index (χ1) is 8.95. The van der Waals surface area contributed by atoms with Crippen LogP contribution in [0.5, 0.6) is 0 Å². The fourth-order valence-corrected chi connectivity index (χ4v) is 1.84. The van der Waals surface area contributed by atoms with Crippen molar-refractivity contribution in [3.05, 3.63) is 28.2 Å². The Balaban J connectivity index is 2.90. The van der Waals surface area contributed by atoms with Gasteiger partial charge < -0.3 is 20.5 Å². The summed E-state index contributed by atoms with van der Waals surface area (Å²) in [5.41, 5.74) is 6.53. The van der Waals surface area contributed by atoms with Gasteiger partial charge in [-0.25, -0.2) is 0 Å². The average Bonchev–Trinajstić information content (AvgIpc) is 2.36. The van der Waals surface area contributed by atoms with E-state index in [9.17, 15) is 9.59 Å². The Morgan fingerprint density at radius 2 is 2.16 bits per heavy atom. The predicted octanol–water partition coefficient (Wildman–Crippen LogP) is 1.20. The second-order valence-electron chi connectivity index (χ2n) is 3.85. The number of methoxy groups -OCH3 is 1. The van der Waals surface area contributed by atoms with Crippen molar-refractivity contribution >= 4 is 33.5 Å². The monoisotopic (exact) mass is 330 g/mol. The van der Waals surface area contributed by atoms with Crippen molar-refractivity contribution in [2.24, 2.45) is 0 Å². The number of carbonyl (C=O) groups excluding carboxylic acids is 1. The molecule has 0 atom stereocenters. The lowest BCUT2D eigenvalue weighted by Gasteiger charge is -2.20. The smallest absolute Gasteiger partial charge is 0.323 e. The van der Waals surface area contributed by atoms with Crippen LogP contribution in [0.4, 0.5) is 5.69 Å². The van der Waals surface area contributed by atoms with Gasteiger partial charge in [0.2, 0.25) is 0 Å². The number of ether oxygens (including phenoxy) is 1. The molecule has 0 aliphatic carbocycles. The number of carbonyl (C=O) groups is 2. The van der Waals surface area contributed by atoms with Gasteiger partial charge in [-0.2, -0.15) is 0 Å². The lowest BCUT2D eigenvalue weighted by molar-refractivity contribution is -0.137. The Morgan fingerprint density at radius 1 is 1.47 bits per heavy atom. The first-order valence-electron chi connectivity index (χ1n) is 5.50. The molecule has 19 heavy (non-hydrogen) atoms. The molecule has 104 valence electrons. The molecule has 0 aliphatic rings. The minimum atomic E-state index is -1.07. The third kappa shape index (κ3) is 4.53. The van der Waals surface area contributed by atoms with E-state index in [1.54, 1.807) is 18.2 Å². The number of rotatable bonds is 6. The summed E-state index contributed by atoms with van der Waals surface area (Å²) in [6.07, 6.45) is 0. The van der Waals surface area contributed by atoms with Crippen LogP contribution in [0.1, 0.15) is 10.4 Å². The first-order valence-corrected chi connectivity index (χ1v) is 6.30. The van der Waals surface area contributed by atoms with E-state index >= 15 is 0 Å². The van der Waals surface area contributed by atoms with Gasteiger partial charge >= 0.3 is 5.97 Å². The van der Waals surface area contributed by atoms with Gasteiger partial charge in [-0.1, -0.05) is 0 Å². The van der Waals surface area contributed by atoms with Gasteiger partial charge in [0.15, 0.2) is 0 Å². The lowest BCUT2D eigenvalue weighted by Crippen LogP contribution is -2.38. The summed E-state index contributed by atoms with van der Waals surface area (Å²) in [4.78, 5) is 24.2. The van der Waals surface area contributed by atoms with E-state index in [1.807, 2.05) is 0 Å². The Bertz CT molecular complexity index is 479. The highest BCUT2D eigenvalue weighted by Crippen LogP contribution is 2.21. The summed E-state index contributed by atoms with van der Waals surface area (Å²) < 4.78 is 5.46. The number of carboxylic acid groups (broad SMARTS) is 1. The standard InChI is InChI=1S/C12H15BrN2O4/c1-19-5-4-15(7-11(16)17)12(18)8-2-3-10(14)9(13)6-8/h2-3,6H,4-5,7,14H2,1H3,(H,16,17). The van der Waals surface area contributed by atoms with Crippen LogP contribution in [0, 0.1) is 0 Å². The van der Waals surface area contributed by atoms with Crippen molar-refractivity contribution in [1.82, 2.24) is 4.90 Å². The molecule has 0 saturated heterocycles. The molecule has 0 radical (unpaired) electrons. The molecule has 0 aliphatic heterocycles. The number of anilines is 1. The van der Waals surface area contributed by atoms with Gasteiger partial charge in [0.25, 0.3) is 5.91 Å². The van der Waals surface area contributed by atoms with E-state index in [4.69, 9.17) is 15.6 Å². The van der Waals surface area contributed by atoms with Crippen molar-refractivity contribution in [1.29, 1.82) is 0 Å². The van der Waals surface area contributed by atoms with Crippen molar-refractivity contribution in [3.8, 4) is 0 Å². The van der Waals surface area contributed by atoms with Crippen LogP contribution in [0.15, 0.2) is 22.7 Å². The molecule has 0 fully saturated rings. The quantitative estimate of drug-likeness (QED) is 0.764. The summed E-state index contributed by atoms with van der Waals surface area (Å²) in [6, 6.07) is 4.72. The van der Waals surface area contributed by atoms with Crippen molar-refractivity contribution in [3.63, 3.8) is 0 Å². The molecule has 0 bridgehead atoms. The Labute approximate surface area is 119 Å². The Morgan fingerprint density at radius 3 is 2.68 bits per heavy atom. The minimum Gasteiger partial charge on any atom is -0.480 e. The highest BCUT2D eigenvalue weighted by molar-refractivity contribution is 9.10. The Hall–Kier alpha value is -1.60. The molecule has 7 heteroatoms. The van der Waals surface area contributed by atoms with Crippen LogP contribution in [0.3, 0.4) is 0 Å². The van der Waals surface area contributed by atoms with E-state index in [0.717, 1.165) is 0 Å². The number of hydrogen-bond donors (Lipinski definition) is 2. The first kappa shape index (κ1) is 15.5. The van der Waals surface area contributed by atoms with Gasteiger partial charge in [0.1, 0.15) is 6.54 Å². The Kier molecular flexibility index (Phi) is 5.78. The number of benzene rings is 1. The molecule has 0 spiro atoms. The zero-order valence-corrected chi connectivity index (χ0v) is 12.0. The summed E-state index contributed by atoms with van der Waals surface area (Å²) in [5.74, 6) is -1.45. The fourth-order valence-electron chi connectivity index (χ4n) is 1.46. The molecule has 1 aromatic carbocycles. The molecule has 0 heterocycles. The van der Waals surface area contributed by atoms with Gasteiger partial charge in [-0.3, -0.25) is 9.59 Å². The number of hydrogen-bond acceptors (Lipinski definition) is 4. The molecular weight excluding hydrogens is 316 g/mol. The molecule has 1 rings (SSSR count). The highest BCUT2D eigenvalue weighted by Gasteiger charge is 2.18. The summed E-state index contributed by atoms with van der Waals surface area (Å²) >= 11 is 3.23. The van der Waals surface area contributed by atoms with E-state index in [2.05, 4.69) is 15.9 Å². The second-order valence-corrected chi connectivity index (χ2v) is 4.70. The number of carboxylic acids is 1. The third-order valence-electron chi connectivity index (χ3n) is 2.43. The molecule has 0 saturated carbocycles. The van der Waals surface area contributed by atoms with E-state index in [1.165, 1.54) is 12.0 Å². The minimum absolute atomic E-state index is 0.212. The van der Waals surface area contributed by atoms with Crippen molar-refractivity contribution < 1.29 is 19.4 Å². The zero-order valence-electron chi connectivity index (χ0n) is 10.4. The normalized spacial score (nSPS) is 10.2. The van der Waals surface area contributed by atoms with Gasteiger partial charge in [0.05, 0.1) is 6.61 Å². The van der Waals surface area contributed by atoms with Gasteiger partial charge in [0, 0.05) is 29.4 Å². The third-order valence-corrected chi connectivity index (χ3v) is 3.11. The number of amides is 1. The fraction of sp³-hybridized carbons (Fsp3) is 0.333. The highest BCUT2D eigenvalue weighted by atomic mass is 79.9. The molecular formula is C12H15BrN2O4. The van der Waals surface area contributed by atoms with Crippen molar-refractivity contribution in [2.75, 3.05) is 32.5 Å². The van der Waals surface area contributed by atoms with Crippen LogP contribution >= 0.6 is 15.9 Å². The largest absolute Gasteiger partial charge is 0.480 e. The number of nitrogens with two attached hydrogens (primary N) is 1. The lowest BCUT2D eigenvalue weighted by atomic mass is 10.2. The van der Waals surface area contributed by atoms with Crippen molar-refractivity contribution in [2.45, 2.75) is 0 Å².